The number of fused-ring (bicyclic) bond motifs is 14. The van der Waals surface area contributed by atoms with Crippen LogP contribution in [0, 0.1) is 0 Å². The minimum absolute atomic E-state index is 1.00. The van der Waals surface area contributed by atoms with E-state index >= 15 is 0 Å². The van der Waals surface area contributed by atoms with Crippen LogP contribution in [0.3, 0.4) is 0 Å². The minimum atomic E-state index is 1.00. The van der Waals surface area contributed by atoms with Crippen LogP contribution in [-0.2, 0) is 0 Å². The summed E-state index contributed by atoms with van der Waals surface area (Å²) in [5.74, 6) is 0. The standard InChI is InChI=1S/C48H27N3S/c1-2-9-33-24-35-26-44-42(25-34(35)23-32(33)8-1)50-48-47-41(40-21-18-28-7-3-4-11-37(28)46(40)52-47)27-43(51(44)48)30-16-14-29(15-17-30)36-12-5-13-39-38(36)20-19-31-10-6-22-49-45(31)39/h1-27H. The maximum absolute atomic E-state index is 5.43. The van der Waals surface area contributed by atoms with Gasteiger partial charge in [-0.15, -0.1) is 11.3 Å². The summed E-state index contributed by atoms with van der Waals surface area (Å²) in [6.45, 7) is 0. The molecular weight excluding hydrogens is 651 g/mol. The highest BCUT2D eigenvalue weighted by Gasteiger charge is 2.20. The van der Waals surface area contributed by atoms with Gasteiger partial charge < -0.3 is 0 Å². The van der Waals surface area contributed by atoms with Crippen LogP contribution in [0.1, 0.15) is 0 Å². The van der Waals surface area contributed by atoms with Crippen LogP contribution in [0.4, 0.5) is 0 Å². The molecule has 4 heterocycles. The second kappa shape index (κ2) is 10.5. The van der Waals surface area contributed by atoms with E-state index in [0.717, 1.165) is 38.8 Å². The van der Waals surface area contributed by atoms with Crippen molar-refractivity contribution in [1.29, 1.82) is 0 Å². The van der Waals surface area contributed by atoms with Crippen LogP contribution in [0.15, 0.2) is 164 Å². The molecule has 0 N–H and O–H groups in total. The van der Waals surface area contributed by atoms with E-state index in [4.69, 9.17) is 9.97 Å². The van der Waals surface area contributed by atoms with Crippen molar-refractivity contribution in [2.45, 2.75) is 0 Å². The van der Waals surface area contributed by atoms with Gasteiger partial charge >= 0.3 is 0 Å². The first kappa shape index (κ1) is 28.1. The molecule has 0 aliphatic rings. The largest absolute Gasteiger partial charge is 0.291 e. The lowest BCUT2D eigenvalue weighted by Crippen LogP contribution is -1.93. The molecule has 0 saturated heterocycles. The summed E-state index contributed by atoms with van der Waals surface area (Å²) in [4.78, 5) is 10.2. The summed E-state index contributed by atoms with van der Waals surface area (Å²) in [5, 5.41) is 13.5. The fraction of sp³-hybridized carbons (Fsp3) is 0. The molecule has 12 aromatic rings. The molecule has 0 bridgehead atoms. The minimum Gasteiger partial charge on any atom is -0.291 e. The Kier molecular flexibility index (Phi) is 5.65. The SMILES string of the molecule is c1ccc2cc3cc4c(cc3cc2c1)nc1c2sc3c5ccccc5ccc3c2cc(-c2ccc(-c3cccc5c3ccc3cccnc35)cc2)n41. The zero-order valence-corrected chi connectivity index (χ0v) is 28.7. The number of imidazole rings is 1. The predicted octanol–water partition coefficient (Wildman–Crippen LogP) is 13.4. The lowest BCUT2D eigenvalue weighted by Gasteiger charge is -2.12. The highest BCUT2D eigenvalue weighted by molar-refractivity contribution is 7.27. The quantitative estimate of drug-likeness (QED) is 0.135. The molecule has 8 aromatic carbocycles. The molecule has 240 valence electrons. The average Bonchev–Trinajstić information content (AvgIpc) is 3.77. The van der Waals surface area contributed by atoms with Gasteiger partial charge in [-0.1, -0.05) is 121 Å². The van der Waals surface area contributed by atoms with Crippen LogP contribution < -0.4 is 0 Å². The van der Waals surface area contributed by atoms with Gasteiger partial charge in [-0.3, -0.25) is 9.38 Å². The molecule has 0 fully saturated rings. The monoisotopic (exact) mass is 677 g/mol. The summed E-state index contributed by atoms with van der Waals surface area (Å²) >= 11 is 1.86. The van der Waals surface area contributed by atoms with Crippen LogP contribution in [0.25, 0.3) is 113 Å². The molecule has 12 rings (SSSR count). The molecule has 4 heteroatoms. The van der Waals surface area contributed by atoms with Crippen LogP contribution >= 0.6 is 11.3 Å². The van der Waals surface area contributed by atoms with E-state index < -0.39 is 0 Å². The van der Waals surface area contributed by atoms with Crippen molar-refractivity contribution in [1.82, 2.24) is 14.4 Å². The van der Waals surface area contributed by atoms with Crippen molar-refractivity contribution < 1.29 is 0 Å². The topological polar surface area (TPSA) is 30.2 Å². The van der Waals surface area contributed by atoms with Gasteiger partial charge in [0.2, 0.25) is 0 Å². The number of benzene rings is 8. The average molecular weight is 678 g/mol. The lowest BCUT2D eigenvalue weighted by atomic mass is 9.95. The van der Waals surface area contributed by atoms with E-state index in [1.807, 2.05) is 23.6 Å². The first-order valence-corrected chi connectivity index (χ1v) is 18.5. The van der Waals surface area contributed by atoms with Crippen molar-refractivity contribution in [3.63, 3.8) is 0 Å². The third-order valence-corrected chi connectivity index (χ3v) is 12.2. The molecule has 4 aromatic heterocycles. The Balaban J connectivity index is 1.13. The Morgan fingerprint density at radius 1 is 0.442 bits per heavy atom. The van der Waals surface area contributed by atoms with Gasteiger partial charge in [0.1, 0.15) is 0 Å². The van der Waals surface area contributed by atoms with Crippen molar-refractivity contribution in [3.05, 3.63) is 164 Å². The van der Waals surface area contributed by atoms with Gasteiger partial charge in [0, 0.05) is 32.4 Å². The molecule has 52 heavy (non-hydrogen) atoms. The molecule has 0 saturated carbocycles. The predicted molar refractivity (Wildman–Crippen MR) is 222 cm³/mol. The van der Waals surface area contributed by atoms with Gasteiger partial charge in [0.25, 0.3) is 0 Å². The fourth-order valence-electron chi connectivity index (χ4n) is 8.45. The Morgan fingerprint density at radius 3 is 2.02 bits per heavy atom. The Hall–Kier alpha value is -6.62. The van der Waals surface area contributed by atoms with E-state index in [9.17, 15) is 0 Å². The third kappa shape index (κ3) is 3.95. The van der Waals surface area contributed by atoms with Crippen molar-refractivity contribution in [2.24, 2.45) is 0 Å². The zero-order chi connectivity index (χ0) is 33.9. The maximum atomic E-state index is 5.43. The highest BCUT2D eigenvalue weighted by Crippen LogP contribution is 2.44. The smallest absolute Gasteiger partial charge is 0.156 e. The molecular formula is C48H27N3S. The van der Waals surface area contributed by atoms with Gasteiger partial charge in [0.15, 0.2) is 5.65 Å². The molecule has 3 nitrogen and oxygen atoms in total. The fourth-order valence-corrected chi connectivity index (χ4v) is 9.75. The number of hydrogen-bond donors (Lipinski definition) is 0. The van der Waals surface area contributed by atoms with E-state index in [1.54, 1.807) is 0 Å². The molecule has 0 spiro atoms. The van der Waals surface area contributed by atoms with Gasteiger partial charge in [-0.2, -0.15) is 0 Å². The second-order valence-electron chi connectivity index (χ2n) is 13.8. The van der Waals surface area contributed by atoms with E-state index in [2.05, 4.69) is 156 Å². The Labute approximate surface area is 301 Å². The number of nitrogens with zero attached hydrogens (tertiary/aromatic N) is 3. The van der Waals surface area contributed by atoms with Crippen molar-refractivity contribution in [3.8, 4) is 22.4 Å². The maximum Gasteiger partial charge on any atom is 0.156 e. The normalized spacial score (nSPS) is 12.2. The summed E-state index contributed by atoms with van der Waals surface area (Å²) in [6.07, 6.45) is 1.88. The molecule has 0 unspecified atom stereocenters. The van der Waals surface area contributed by atoms with Crippen LogP contribution in [0.2, 0.25) is 0 Å². The molecule has 0 aliphatic carbocycles. The number of hydrogen-bond acceptors (Lipinski definition) is 3. The summed E-state index contributed by atoms with van der Waals surface area (Å²) < 4.78 is 4.92. The Bertz CT molecular complexity index is 3460. The molecule has 0 amide bonds. The third-order valence-electron chi connectivity index (χ3n) is 10.9. The number of thiophene rings is 1. The van der Waals surface area contributed by atoms with Crippen LogP contribution in [-0.4, -0.2) is 14.4 Å². The van der Waals surface area contributed by atoms with Crippen molar-refractivity contribution in [2.75, 3.05) is 0 Å². The summed E-state index contributed by atoms with van der Waals surface area (Å²) in [7, 11) is 0. The summed E-state index contributed by atoms with van der Waals surface area (Å²) in [6, 6.07) is 57.6. The lowest BCUT2D eigenvalue weighted by molar-refractivity contribution is 1.25. The highest BCUT2D eigenvalue weighted by atomic mass is 32.1. The van der Waals surface area contributed by atoms with Gasteiger partial charge in [-0.05, 0) is 90.8 Å². The number of rotatable bonds is 2. The van der Waals surface area contributed by atoms with Gasteiger partial charge in [-0.25, -0.2) is 4.98 Å². The molecule has 0 aliphatic heterocycles. The first-order chi connectivity index (χ1) is 25.7. The number of pyridine rings is 2. The second-order valence-corrected chi connectivity index (χ2v) is 14.8. The molecule has 0 atom stereocenters. The van der Waals surface area contributed by atoms with E-state index in [1.165, 1.54) is 74.4 Å². The summed E-state index contributed by atoms with van der Waals surface area (Å²) in [5.41, 5.74) is 8.85. The van der Waals surface area contributed by atoms with Crippen LogP contribution in [0.5, 0.6) is 0 Å². The number of aromatic nitrogens is 3. The zero-order valence-electron chi connectivity index (χ0n) is 27.8. The van der Waals surface area contributed by atoms with Gasteiger partial charge in [0.05, 0.1) is 26.9 Å². The Morgan fingerprint density at radius 2 is 1.15 bits per heavy atom. The molecule has 0 radical (unpaired) electrons. The van der Waals surface area contributed by atoms with E-state index in [0.29, 0.717) is 0 Å². The van der Waals surface area contributed by atoms with E-state index in [-0.39, 0.29) is 0 Å². The first-order valence-electron chi connectivity index (χ1n) is 17.6. The van der Waals surface area contributed by atoms with Crippen molar-refractivity contribution >= 4 is 102 Å².